The Hall–Kier alpha value is -2.56. The van der Waals surface area contributed by atoms with Gasteiger partial charge in [-0.1, -0.05) is 0 Å². The third-order valence-corrected chi connectivity index (χ3v) is 3.77. The summed E-state index contributed by atoms with van der Waals surface area (Å²) in [5.41, 5.74) is 1.19. The van der Waals surface area contributed by atoms with Crippen LogP contribution in [0.25, 0.3) is 5.82 Å². The molecule has 0 saturated heterocycles. The first kappa shape index (κ1) is 21.7. The highest BCUT2D eigenvalue weighted by molar-refractivity contribution is 14.0. The molecule has 0 unspecified atom stereocenters. The van der Waals surface area contributed by atoms with Crippen LogP contribution < -0.4 is 10.6 Å². The normalized spacial score (nSPS) is 11.0. The SMILES string of the molecule is CCNC(=NCc1ccnc(-n2cccn2)c1)NCc1cc(F)ccc1F.I. The van der Waals surface area contributed by atoms with Crippen molar-refractivity contribution >= 4 is 29.9 Å². The summed E-state index contributed by atoms with van der Waals surface area (Å²) in [5.74, 6) is 0.280. The molecule has 0 aliphatic rings. The van der Waals surface area contributed by atoms with Crippen LogP contribution in [0.15, 0.2) is 60.0 Å². The first-order valence-electron chi connectivity index (χ1n) is 8.56. The minimum absolute atomic E-state index is 0. The number of nitrogens with zero attached hydrogens (tertiary/aromatic N) is 4. The summed E-state index contributed by atoms with van der Waals surface area (Å²) < 4.78 is 28.7. The van der Waals surface area contributed by atoms with Crippen molar-refractivity contribution in [3.8, 4) is 5.82 Å². The van der Waals surface area contributed by atoms with Crippen LogP contribution in [-0.4, -0.2) is 27.3 Å². The quantitative estimate of drug-likeness (QED) is 0.311. The Labute approximate surface area is 179 Å². The Morgan fingerprint density at radius 2 is 2.00 bits per heavy atom. The van der Waals surface area contributed by atoms with Gasteiger partial charge < -0.3 is 10.6 Å². The highest BCUT2D eigenvalue weighted by Gasteiger charge is 2.06. The number of aliphatic imine (C=N–C) groups is 1. The van der Waals surface area contributed by atoms with E-state index in [1.807, 2.05) is 31.3 Å². The Morgan fingerprint density at radius 3 is 2.75 bits per heavy atom. The molecule has 0 atom stereocenters. The molecule has 148 valence electrons. The lowest BCUT2D eigenvalue weighted by atomic mass is 10.2. The van der Waals surface area contributed by atoms with E-state index in [0.717, 1.165) is 17.7 Å². The first-order valence-corrected chi connectivity index (χ1v) is 8.56. The standard InChI is InChI=1S/C19H20F2N6.HI/c1-2-22-19(25-13-15-11-16(20)4-5-17(15)21)24-12-14-6-8-23-18(10-14)27-9-3-7-26-27;/h3-11H,2,12-13H2,1H3,(H2,22,24,25);1H. The second-order valence-electron chi connectivity index (χ2n) is 5.76. The molecule has 28 heavy (non-hydrogen) atoms. The molecule has 0 radical (unpaired) electrons. The van der Waals surface area contributed by atoms with Crippen molar-refractivity contribution < 1.29 is 8.78 Å². The molecule has 0 aliphatic heterocycles. The van der Waals surface area contributed by atoms with Gasteiger partial charge in [0, 0.05) is 37.2 Å². The first-order chi connectivity index (χ1) is 13.2. The zero-order chi connectivity index (χ0) is 19.1. The van der Waals surface area contributed by atoms with Gasteiger partial charge in [-0.15, -0.1) is 24.0 Å². The molecule has 6 nitrogen and oxygen atoms in total. The number of hydrogen-bond donors (Lipinski definition) is 2. The zero-order valence-corrected chi connectivity index (χ0v) is 17.6. The van der Waals surface area contributed by atoms with Crippen molar-refractivity contribution in [3.05, 3.63) is 77.8 Å². The van der Waals surface area contributed by atoms with Gasteiger partial charge in [0.15, 0.2) is 11.8 Å². The van der Waals surface area contributed by atoms with Crippen molar-refractivity contribution in [2.75, 3.05) is 6.54 Å². The summed E-state index contributed by atoms with van der Waals surface area (Å²) in [5, 5.41) is 10.3. The minimum Gasteiger partial charge on any atom is -0.357 e. The van der Waals surface area contributed by atoms with Crippen molar-refractivity contribution in [1.82, 2.24) is 25.4 Å². The summed E-state index contributed by atoms with van der Waals surface area (Å²) >= 11 is 0. The Kier molecular flexibility index (Phi) is 8.30. The fourth-order valence-electron chi connectivity index (χ4n) is 2.46. The average molecular weight is 498 g/mol. The number of guanidine groups is 1. The van der Waals surface area contributed by atoms with Gasteiger partial charge in [-0.3, -0.25) is 0 Å². The van der Waals surface area contributed by atoms with E-state index in [9.17, 15) is 8.78 Å². The highest BCUT2D eigenvalue weighted by Crippen LogP contribution is 2.10. The smallest absolute Gasteiger partial charge is 0.191 e. The van der Waals surface area contributed by atoms with Crippen LogP contribution in [0.2, 0.25) is 0 Å². The van der Waals surface area contributed by atoms with Crippen LogP contribution in [0.1, 0.15) is 18.1 Å². The minimum atomic E-state index is -0.474. The van der Waals surface area contributed by atoms with E-state index in [2.05, 4.69) is 25.7 Å². The Morgan fingerprint density at radius 1 is 1.14 bits per heavy atom. The molecule has 3 aromatic rings. The molecule has 0 bridgehead atoms. The number of halogens is 3. The van der Waals surface area contributed by atoms with Gasteiger partial charge in [0.1, 0.15) is 11.6 Å². The molecule has 2 aromatic heterocycles. The molecular weight excluding hydrogens is 477 g/mol. The molecule has 0 aliphatic carbocycles. The van der Waals surface area contributed by atoms with Gasteiger partial charge in [0.25, 0.3) is 0 Å². The van der Waals surface area contributed by atoms with E-state index in [4.69, 9.17) is 0 Å². The molecule has 0 spiro atoms. The zero-order valence-electron chi connectivity index (χ0n) is 15.3. The van der Waals surface area contributed by atoms with Crippen LogP contribution >= 0.6 is 24.0 Å². The van der Waals surface area contributed by atoms with E-state index in [0.29, 0.717) is 24.9 Å². The van der Waals surface area contributed by atoms with Crippen molar-refractivity contribution in [2.24, 2.45) is 4.99 Å². The third kappa shape index (κ3) is 5.98. The second kappa shape index (κ2) is 10.7. The lowest BCUT2D eigenvalue weighted by Crippen LogP contribution is -2.37. The van der Waals surface area contributed by atoms with E-state index in [1.54, 1.807) is 17.1 Å². The van der Waals surface area contributed by atoms with E-state index in [-0.39, 0.29) is 36.1 Å². The lowest BCUT2D eigenvalue weighted by Gasteiger charge is -2.12. The summed E-state index contributed by atoms with van der Waals surface area (Å²) in [6.45, 7) is 3.11. The maximum atomic E-state index is 13.8. The number of pyridine rings is 1. The van der Waals surface area contributed by atoms with E-state index >= 15 is 0 Å². The predicted octanol–water partition coefficient (Wildman–Crippen LogP) is 3.42. The summed E-state index contributed by atoms with van der Waals surface area (Å²) in [7, 11) is 0. The lowest BCUT2D eigenvalue weighted by molar-refractivity contribution is 0.581. The topological polar surface area (TPSA) is 67.1 Å². The Balaban J connectivity index is 0.00000280. The average Bonchev–Trinajstić information content (AvgIpc) is 3.21. The molecule has 9 heteroatoms. The maximum absolute atomic E-state index is 13.8. The molecule has 0 saturated carbocycles. The van der Waals surface area contributed by atoms with Gasteiger partial charge in [-0.05, 0) is 48.9 Å². The molecule has 0 fully saturated rings. The van der Waals surface area contributed by atoms with Crippen molar-refractivity contribution in [1.29, 1.82) is 0 Å². The van der Waals surface area contributed by atoms with Crippen LogP contribution in [0.5, 0.6) is 0 Å². The summed E-state index contributed by atoms with van der Waals surface area (Å²) in [4.78, 5) is 8.78. The van der Waals surface area contributed by atoms with E-state index in [1.165, 1.54) is 6.07 Å². The second-order valence-corrected chi connectivity index (χ2v) is 5.76. The molecule has 2 heterocycles. The Bertz CT molecular complexity index is 915. The van der Waals surface area contributed by atoms with Gasteiger partial charge in [-0.2, -0.15) is 5.10 Å². The number of aromatic nitrogens is 3. The van der Waals surface area contributed by atoms with Gasteiger partial charge in [0.2, 0.25) is 0 Å². The van der Waals surface area contributed by atoms with Gasteiger partial charge >= 0.3 is 0 Å². The fraction of sp³-hybridized carbons (Fsp3) is 0.211. The number of benzene rings is 1. The number of hydrogen-bond acceptors (Lipinski definition) is 3. The third-order valence-electron chi connectivity index (χ3n) is 3.77. The monoisotopic (exact) mass is 498 g/mol. The van der Waals surface area contributed by atoms with Gasteiger partial charge in [0.05, 0.1) is 6.54 Å². The highest BCUT2D eigenvalue weighted by atomic mass is 127. The van der Waals surface area contributed by atoms with E-state index < -0.39 is 11.6 Å². The van der Waals surface area contributed by atoms with Crippen LogP contribution in [0.3, 0.4) is 0 Å². The number of rotatable bonds is 6. The van der Waals surface area contributed by atoms with Gasteiger partial charge in [-0.25, -0.2) is 23.4 Å². The largest absolute Gasteiger partial charge is 0.357 e. The van der Waals surface area contributed by atoms with Crippen LogP contribution in [-0.2, 0) is 13.1 Å². The number of nitrogens with one attached hydrogen (secondary N) is 2. The fourth-order valence-corrected chi connectivity index (χ4v) is 2.46. The van der Waals surface area contributed by atoms with Crippen molar-refractivity contribution in [3.63, 3.8) is 0 Å². The molecular formula is C19H21F2IN6. The summed E-state index contributed by atoms with van der Waals surface area (Å²) in [6, 6.07) is 8.97. The predicted molar refractivity (Wildman–Crippen MR) is 115 cm³/mol. The maximum Gasteiger partial charge on any atom is 0.191 e. The molecule has 0 amide bonds. The molecule has 1 aromatic carbocycles. The van der Waals surface area contributed by atoms with Crippen LogP contribution in [0.4, 0.5) is 8.78 Å². The van der Waals surface area contributed by atoms with Crippen LogP contribution in [0, 0.1) is 11.6 Å². The molecule has 3 rings (SSSR count). The summed E-state index contributed by atoms with van der Waals surface area (Å²) in [6.07, 6.45) is 5.20. The molecule has 2 N–H and O–H groups in total. The van der Waals surface area contributed by atoms with Crippen molar-refractivity contribution in [2.45, 2.75) is 20.0 Å².